The summed E-state index contributed by atoms with van der Waals surface area (Å²) in [5.41, 5.74) is 1.41. The van der Waals surface area contributed by atoms with Gasteiger partial charge in [-0.1, -0.05) is 24.3 Å². The van der Waals surface area contributed by atoms with Gasteiger partial charge in [-0.05, 0) is 39.0 Å². The third-order valence-electron chi connectivity index (χ3n) is 5.05. The molecular formula is C26H27N3O7. The summed E-state index contributed by atoms with van der Waals surface area (Å²) in [7, 11) is 0. The molecule has 0 aliphatic carbocycles. The van der Waals surface area contributed by atoms with E-state index in [0.29, 0.717) is 47.2 Å². The molecule has 0 fully saturated rings. The number of nitrogens with zero attached hydrogens (tertiary/aromatic N) is 1. The summed E-state index contributed by atoms with van der Waals surface area (Å²) in [5.74, 6) is 0.0698. The number of hydrogen-bond donors (Lipinski definition) is 2. The number of carbonyl (C=O) groups excluding carboxylic acids is 2. The second-order valence-electron chi connectivity index (χ2n) is 7.52. The summed E-state index contributed by atoms with van der Waals surface area (Å²) < 4.78 is 16.9. The smallest absolute Gasteiger partial charge is 0.276 e. The molecule has 3 aromatic rings. The highest BCUT2D eigenvalue weighted by Gasteiger charge is 2.18. The lowest BCUT2D eigenvalue weighted by molar-refractivity contribution is -0.385. The first-order valence-electron chi connectivity index (χ1n) is 11.3. The van der Waals surface area contributed by atoms with Crippen molar-refractivity contribution in [2.45, 2.75) is 20.8 Å². The summed E-state index contributed by atoms with van der Waals surface area (Å²) in [6.45, 7) is 5.39. The van der Waals surface area contributed by atoms with Gasteiger partial charge in [-0.15, -0.1) is 0 Å². The zero-order valence-corrected chi connectivity index (χ0v) is 20.2. The first-order valence-corrected chi connectivity index (χ1v) is 11.3. The molecule has 0 radical (unpaired) electrons. The Bertz CT molecular complexity index is 1250. The molecule has 0 aliphatic heterocycles. The highest BCUT2D eigenvalue weighted by molar-refractivity contribution is 6.05. The van der Waals surface area contributed by atoms with E-state index in [4.69, 9.17) is 14.2 Å². The van der Waals surface area contributed by atoms with Crippen LogP contribution in [-0.2, 0) is 4.79 Å². The van der Waals surface area contributed by atoms with Crippen LogP contribution in [0.25, 0.3) is 0 Å². The van der Waals surface area contributed by atoms with Crippen molar-refractivity contribution in [1.29, 1.82) is 0 Å². The van der Waals surface area contributed by atoms with Crippen LogP contribution in [0.15, 0.2) is 60.7 Å². The zero-order valence-electron chi connectivity index (χ0n) is 20.2. The monoisotopic (exact) mass is 493 g/mol. The molecule has 0 aliphatic rings. The van der Waals surface area contributed by atoms with E-state index >= 15 is 0 Å². The molecule has 0 unspecified atom stereocenters. The molecule has 2 amide bonds. The van der Waals surface area contributed by atoms with E-state index in [1.165, 1.54) is 12.1 Å². The molecule has 0 saturated carbocycles. The van der Waals surface area contributed by atoms with Crippen LogP contribution >= 0.6 is 0 Å². The van der Waals surface area contributed by atoms with Crippen molar-refractivity contribution in [3.8, 4) is 17.2 Å². The van der Waals surface area contributed by atoms with Gasteiger partial charge in [0.1, 0.15) is 17.2 Å². The molecule has 0 atom stereocenters. The minimum absolute atomic E-state index is 0.0963. The molecule has 2 N–H and O–H groups in total. The van der Waals surface area contributed by atoms with Gasteiger partial charge in [0, 0.05) is 23.8 Å². The minimum atomic E-state index is -0.510. The fourth-order valence-electron chi connectivity index (χ4n) is 3.38. The van der Waals surface area contributed by atoms with Crippen molar-refractivity contribution in [1.82, 2.24) is 0 Å². The van der Waals surface area contributed by atoms with Gasteiger partial charge in [0.15, 0.2) is 6.61 Å². The van der Waals surface area contributed by atoms with Gasteiger partial charge in [-0.2, -0.15) is 0 Å². The average Bonchev–Trinajstić information content (AvgIpc) is 2.86. The predicted octanol–water partition coefficient (Wildman–Crippen LogP) is 4.97. The number of hydrogen-bond acceptors (Lipinski definition) is 7. The van der Waals surface area contributed by atoms with E-state index in [1.807, 2.05) is 6.07 Å². The summed E-state index contributed by atoms with van der Waals surface area (Å²) in [4.78, 5) is 36.0. The molecular weight excluding hydrogens is 466 g/mol. The Balaban J connectivity index is 1.80. The van der Waals surface area contributed by atoms with Crippen LogP contribution in [-0.4, -0.2) is 36.6 Å². The van der Waals surface area contributed by atoms with Gasteiger partial charge in [-0.3, -0.25) is 19.7 Å². The molecule has 188 valence electrons. The molecule has 3 rings (SSSR count). The van der Waals surface area contributed by atoms with Crippen molar-refractivity contribution in [2.24, 2.45) is 0 Å². The molecule has 0 aromatic heterocycles. The normalized spacial score (nSPS) is 10.3. The van der Waals surface area contributed by atoms with Crippen molar-refractivity contribution < 1.29 is 28.7 Å². The van der Waals surface area contributed by atoms with Gasteiger partial charge in [-0.25, -0.2) is 0 Å². The molecule has 0 bridgehead atoms. The molecule has 0 spiro atoms. The first-order chi connectivity index (χ1) is 17.3. The average molecular weight is 494 g/mol. The second kappa shape index (κ2) is 12.2. The van der Waals surface area contributed by atoms with E-state index in [-0.39, 0.29) is 24.0 Å². The minimum Gasteiger partial charge on any atom is -0.492 e. The largest absolute Gasteiger partial charge is 0.492 e. The summed E-state index contributed by atoms with van der Waals surface area (Å²) >= 11 is 0. The zero-order chi connectivity index (χ0) is 26.1. The number of nitro benzene ring substituents is 1. The topological polar surface area (TPSA) is 129 Å². The molecule has 10 heteroatoms. The van der Waals surface area contributed by atoms with Gasteiger partial charge in [0.25, 0.3) is 17.5 Å². The van der Waals surface area contributed by atoms with Gasteiger partial charge in [0.2, 0.25) is 0 Å². The quantitative estimate of drug-likeness (QED) is 0.285. The summed E-state index contributed by atoms with van der Waals surface area (Å²) in [6, 6.07) is 16.3. The fraction of sp³-hybridized carbons (Fsp3) is 0.231. The van der Waals surface area contributed by atoms with Crippen molar-refractivity contribution in [3.05, 3.63) is 81.9 Å². The van der Waals surface area contributed by atoms with Crippen LogP contribution in [0.4, 0.5) is 17.1 Å². The maximum atomic E-state index is 12.7. The molecule has 10 nitrogen and oxygen atoms in total. The number of nitrogens with one attached hydrogen (secondary N) is 2. The highest BCUT2D eigenvalue weighted by atomic mass is 16.6. The first kappa shape index (κ1) is 26.0. The predicted molar refractivity (Wildman–Crippen MR) is 135 cm³/mol. The molecule has 0 heterocycles. The van der Waals surface area contributed by atoms with E-state index in [0.717, 1.165) is 0 Å². The number of rotatable bonds is 11. The third kappa shape index (κ3) is 6.50. The number of carbonyl (C=O) groups is 2. The van der Waals surface area contributed by atoms with Crippen LogP contribution < -0.4 is 24.8 Å². The Labute approximate surface area is 208 Å². The van der Waals surface area contributed by atoms with Gasteiger partial charge >= 0.3 is 0 Å². The maximum absolute atomic E-state index is 12.7. The standard InChI is InChI=1S/C26H27N3O7/c1-4-34-23-15-20(28-26(31)18-10-7-6-8-11-18)24(35-5-2)14-19(23)27-25(30)16-36-22-13-9-12-21(17(22)3)29(32)33/h6-15H,4-5,16H2,1-3H3,(H,27,30)(H,28,31). The van der Waals surface area contributed by atoms with Crippen molar-refractivity contribution in [3.63, 3.8) is 0 Å². The maximum Gasteiger partial charge on any atom is 0.276 e. The van der Waals surface area contributed by atoms with Gasteiger partial charge in [0.05, 0.1) is 35.1 Å². The Morgan fingerprint density at radius 3 is 2.03 bits per heavy atom. The number of nitro groups is 1. The molecule has 0 saturated heterocycles. The Hall–Kier alpha value is -4.60. The molecule has 36 heavy (non-hydrogen) atoms. The van der Waals surface area contributed by atoms with Crippen LogP contribution in [0.5, 0.6) is 17.2 Å². The van der Waals surface area contributed by atoms with E-state index in [1.54, 1.807) is 63.2 Å². The number of amides is 2. The second-order valence-corrected chi connectivity index (χ2v) is 7.52. The van der Waals surface area contributed by atoms with Crippen LogP contribution in [0.1, 0.15) is 29.8 Å². The van der Waals surface area contributed by atoms with Gasteiger partial charge < -0.3 is 24.8 Å². The fourth-order valence-corrected chi connectivity index (χ4v) is 3.38. The molecule has 3 aromatic carbocycles. The lowest BCUT2D eigenvalue weighted by atomic mass is 10.2. The highest BCUT2D eigenvalue weighted by Crippen LogP contribution is 2.37. The SMILES string of the molecule is CCOc1cc(NC(=O)c2ccccc2)c(OCC)cc1NC(=O)COc1cccc([N+](=O)[O-])c1C. The third-order valence-corrected chi connectivity index (χ3v) is 5.05. The number of anilines is 2. The van der Waals surface area contributed by atoms with E-state index in [9.17, 15) is 19.7 Å². The summed E-state index contributed by atoms with van der Waals surface area (Å²) in [5, 5.41) is 16.7. The van der Waals surface area contributed by atoms with Crippen molar-refractivity contribution in [2.75, 3.05) is 30.5 Å². The lowest BCUT2D eigenvalue weighted by Crippen LogP contribution is -2.21. The van der Waals surface area contributed by atoms with Crippen molar-refractivity contribution >= 4 is 28.9 Å². The van der Waals surface area contributed by atoms with Crippen LogP contribution in [0.2, 0.25) is 0 Å². The van der Waals surface area contributed by atoms with E-state index in [2.05, 4.69) is 10.6 Å². The summed E-state index contributed by atoms with van der Waals surface area (Å²) in [6.07, 6.45) is 0. The van der Waals surface area contributed by atoms with Crippen LogP contribution in [0, 0.1) is 17.0 Å². The van der Waals surface area contributed by atoms with E-state index < -0.39 is 10.8 Å². The Morgan fingerprint density at radius 1 is 0.833 bits per heavy atom. The van der Waals surface area contributed by atoms with Crippen LogP contribution in [0.3, 0.4) is 0 Å². The number of ether oxygens (including phenoxy) is 3. The number of benzene rings is 3. The Morgan fingerprint density at radius 2 is 1.44 bits per heavy atom. The Kier molecular flexibility index (Phi) is 8.82. The lowest BCUT2D eigenvalue weighted by Gasteiger charge is -2.18.